The van der Waals surface area contributed by atoms with Crippen molar-refractivity contribution in [2.24, 2.45) is 0 Å². The molecule has 2 aliphatic heterocycles. The summed E-state index contributed by atoms with van der Waals surface area (Å²) in [4.78, 5) is 6.56. The molecule has 2 aliphatic carbocycles. The molecule has 0 unspecified atom stereocenters. The highest BCUT2D eigenvalue weighted by atomic mass is 32.1. The number of fused-ring (bicyclic) bond motifs is 15. The predicted octanol–water partition coefficient (Wildman–Crippen LogP) is 11.8. The molecule has 0 N–H and O–H groups in total. The summed E-state index contributed by atoms with van der Waals surface area (Å²) in [6, 6.07) is 61.9. The Labute approximate surface area is 333 Å². The van der Waals surface area contributed by atoms with Gasteiger partial charge in [-0.05, 0) is 110 Å². The van der Waals surface area contributed by atoms with Gasteiger partial charge in [0, 0.05) is 43.7 Å². The maximum absolute atomic E-state index is 2.62. The van der Waals surface area contributed by atoms with Gasteiger partial charge in [0.25, 0.3) is 6.71 Å². The maximum Gasteiger partial charge on any atom is 0.264 e. The second-order valence-electron chi connectivity index (χ2n) is 16.9. The number of rotatable bonds is 2. The average Bonchev–Trinajstić information content (AvgIpc) is 3.85. The van der Waals surface area contributed by atoms with Crippen molar-refractivity contribution in [3.63, 3.8) is 0 Å². The Kier molecular flexibility index (Phi) is 6.46. The number of thiophene rings is 1. The van der Waals surface area contributed by atoms with Crippen LogP contribution in [0.4, 0.5) is 34.1 Å². The summed E-state index contributed by atoms with van der Waals surface area (Å²) in [5, 5.41) is 0. The van der Waals surface area contributed by atoms with Crippen molar-refractivity contribution in [3.8, 4) is 22.3 Å². The Bertz CT molecular complexity index is 2890. The van der Waals surface area contributed by atoms with E-state index in [4.69, 9.17) is 0 Å². The summed E-state index contributed by atoms with van der Waals surface area (Å²) < 4.78 is 1.42. The van der Waals surface area contributed by atoms with Crippen LogP contribution in [0.1, 0.15) is 53.5 Å². The highest BCUT2D eigenvalue weighted by Crippen LogP contribution is 2.67. The fourth-order valence-corrected chi connectivity index (χ4v) is 12.2. The molecule has 12 rings (SSSR count). The number of aryl methyl sites for hydroxylation is 1. The number of benzene rings is 7. The van der Waals surface area contributed by atoms with E-state index in [2.05, 4.69) is 213 Å². The van der Waals surface area contributed by atoms with Crippen molar-refractivity contribution in [2.45, 2.75) is 38.5 Å². The summed E-state index contributed by atoms with van der Waals surface area (Å²) in [6.07, 6.45) is 0. The van der Waals surface area contributed by atoms with Crippen LogP contribution in [-0.4, -0.2) is 6.71 Å². The van der Waals surface area contributed by atoms with Crippen LogP contribution < -0.4 is 25.5 Å². The largest absolute Gasteiger partial charge is 0.311 e. The van der Waals surface area contributed by atoms with Gasteiger partial charge < -0.3 is 9.80 Å². The van der Waals surface area contributed by atoms with Gasteiger partial charge in [0.15, 0.2) is 0 Å². The van der Waals surface area contributed by atoms with Gasteiger partial charge >= 0.3 is 0 Å². The van der Waals surface area contributed by atoms with Crippen LogP contribution in [0, 0.1) is 6.92 Å². The molecule has 0 radical (unpaired) electrons. The minimum absolute atomic E-state index is 0.00266. The third-order valence-corrected chi connectivity index (χ3v) is 14.2. The van der Waals surface area contributed by atoms with Crippen molar-refractivity contribution < 1.29 is 0 Å². The molecule has 0 amide bonds. The van der Waals surface area contributed by atoms with Crippen LogP contribution >= 0.6 is 11.3 Å². The second kappa shape index (κ2) is 11.2. The first kappa shape index (κ1) is 32.2. The number of para-hydroxylation sites is 3. The smallest absolute Gasteiger partial charge is 0.264 e. The van der Waals surface area contributed by atoms with Crippen LogP contribution in [-0.2, 0) is 10.8 Å². The molecule has 1 spiro atoms. The normalized spacial score (nSPS) is 14.8. The molecular weight excluding hydrogens is 695 g/mol. The highest BCUT2D eigenvalue weighted by molar-refractivity contribution is 7.30. The van der Waals surface area contributed by atoms with Gasteiger partial charge in [0.2, 0.25) is 0 Å². The molecule has 4 aliphatic rings. The molecule has 2 nitrogen and oxygen atoms in total. The van der Waals surface area contributed by atoms with E-state index in [0.717, 1.165) is 0 Å². The quantitative estimate of drug-likeness (QED) is 0.163. The molecule has 0 bridgehead atoms. The minimum atomic E-state index is -0.432. The molecule has 266 valence electrons. The number of nitrogens with zero attached hydrogens (tertiary/aromatic N) is 2. The van der Waals surface area contributed by atoms with Gasteiger partial charge in [-0.3, -0.25) is 0 Å². The monoisotopic (exact) mass is 734 g/mol. The standard InChI is InChI=1S/C52H39BN2S/c1-32-29-44-47-45(30-32)55(35-19-9-6-10-20-35)48-46-38-28-27-33(51(2,3)4)31-41(38)52(39-23-13-11-21-36(39)37-22-12-14-24-40(37)52)49(46)56-50(48)53(47)42-25-15-16-26-43(42)54(44)34-17-7-5-8-18-34/h5-31H,1-4H3. The fraction of sp³-hybridized carbons (Fsp3) is 0.115. The van der Waals surface area contributed by atoms with Crippen molar-refractivity contribution in [1.82, 2.24) is 0 Å². The molecule has 0 fully saturated rings. The Morgan fingerprint density at radius 1 is 0.536 bits per heavy atom. The first-order chi connectivity index (χ1) is 27.4. The van der Waals surface area contributed by atoms with Gasteiger partial charge in [-0.1, -0.05) is 142 Å². The van der Waals surface area contributed by atoms with E-state index in [-0.39, 0.29) is 12.1 Å². The molecule has 1 aromatic heterocycles. The van der Waals surface area contributed by atoms with Crippen molar-refractivity contribution in [3.05, 3.63) is 196 Å². The van der Waals surface area contributed by atoms with Gasteiger partial charge in [0.1, 0.15) is 0 Å². The number of anilines is 6. The van der Waals surface area contributed by atoms with Crippen LogP contribution in [0.25, 0.3) is 22.3 Å². The molecule has 4 heteroatoms. The zero-order chi connectivity index (χ0) is 37.5. The first-order valence-corrected chi connectivity index (χ1v) is 20.6. The van der Waals surface area contributed by atoms with Crippen LogP contribution in [0.15, 0.2) is 164 Å². The predicted molar refractivity (Wildman–Crippen MR) is 238 cm³/mol. The molecule has 0 atom stereocenters. The van der Waals surface area contributed by atoms with E-state index in [1.165, 1.54) is 105 Å². The minimum Gasteiger partial charge on any atom is -0.311 e. The summed E-state index contributed by atoms with van der Waals surface area (Å²) >= 11 is 2.06. The van der Waals surface area contributed by atoms with E-state index in [0.29, 0.717) is 0 Å². The van der Waals surface area contributed by atoms with Gasteiger partial charge in [-0.2, -0.15) is 0 Å². The maximum atomic E-state index is 2.62. The average molecular weight is 735 g/mol. The summed E-state index contributed by atoms with van der Waals surface area (Å²) in [6.45, 7) is 9.37. The lowest BCUT2D eigenvalue weighted by atomic mass is 9.36. The van der Waals surface area contributed by atoms with E-state index in [9.17, 15) is 0 Å². The third-order valence-electron chi connectivity index (χ3n) is 12.8. The lowest BCUT2D eigenvalue weighted by molar-refractivity contribution is 0.588. The lowest BCUT2D eigenvalue weighted by Gasteiger charge is -2.43. The Morgan fingerprint density at radius 3 is 1.77 bits per heavy atom. The van der Waals surface area contributed by atoms with E-state index >= 15 is 0 Å². The van der Waals surface area contributed by atoms with Crippen molar-refractivity contribution in [2.75, 3.05) is 9.80 Å². The van der Waals surface area contributed by atoms with Crippen LogP contribution in [0.2, 0.25) is 0 Å². The molecule has 0 saturated heterocycles. The number of hydrogen-bond donors (Lipinski definition) is 0. The zero-order valence-electron chi connectivity index (χ0n) is 32.0. The Hall–Kier alpha value is -6.10. The summed E-state index contributed by atoms with van der Waals surface area (Å²) in [5.74, 6) is 0. The Balaban J connectivity index is 1.25. The van der Waals surface area contributed by atoms with E-state index < -0.39 is 5.41 Å². The van der Waals surface area contributed by atoms with Crippen molar-refractivity contribution in [1.29, 1.82) is 0 Å². The fourth-order valence-electron chi connectivity index (χ4n) is 10.5. The Morgan fingerprint density at radius 2 is 1.11 bits per heavy atom. The number of hydrogen-bond acceptors (Lipinski definition) is 3. The molecular formula is C52H39BN2S. The van der Waals surface area contributed by atoms with E-state index in [1.54, 1.807) is 0 Å². The topological polar surface area (TPSA) is 6.48 Å². The van der Waals surface area contributed by atoms with Crippen LogP contribution in [0.5, 0.6) is 0 Å². The highest BCUT2D eigenvalue weighted by Gasteiger charge is 2.57. The molecule has 56 heavy (non-hydrogen) atoms. The molecule has 8 aromatic rings. The zero-order valence-corrected chi connectivity index (χ0v) is 32.8. The van der Waals surface area contributed by atoms with Gasteiger partial charge in [0.05, 0.1) is 11.1 Å². The van der Waals surface area contributed by atoms with Crippen LogP contribution in [0.3, 0.4) is 0 Å². The van der Waals surface area contributed by atoms with Gasteiger partial charge in [-0.25, -0.2) is 0 Å². The molecule has 0 saturated carbocycles. The first-order valence-electron chi connectivity index (χ1n) is 19.8. The SMILES string of the molecule is Cc1cc2c3c(c1)N(c1ccccc1)c1c(sc4c1-c1ccc(C(C)(C)C)cc1C41c4ccccc4-c4ccccc41)B3c1ccccc1N2c1ccccc1. The van der Waals surface area contributed by atoms with Gasteiger partial charge in [-0.15, -0.1) is 11.3 Å². The third kappa shape index (κ3) is 4.02. The van der Waals surface area contributed by atoms with Crippen molar-refractivity contribution >= 4 is 67.9 Å². The van der Waals surface area contributed by atoms with E-state index in [1.807, 2.05) is 0 Å². The molecule has 3 heterocycles. The molecule has 7 aromatic carbocycles. The second-order valence-corrected chi connectivity index (χ2v) is 18.0. The summed E-state index contributed by atoms with van der Waals surface area (Å²) in [5.41, 5.74) is 22.0. The lowest BCUT2D eigenvalue weighted by Crippen LogP contribution is -2.60. The summed E-state index contributed by atoms with van der Waals surface area (Å²) in [7, 11) is 0.